The summed E-state index contributed by atoms with van der Waals surface area (Å²) in [6.45, 7) is 2.96. The number of carbonyl (C=O) groups is 2. The third kappa shape index (κ3) is 3.54. The summed E-state index contributed by atoms with van der Waals surface area (Å²) in [5.74, 6) is -0.310. The molecule has 8 heteroatoms. The van der Waals surface area contributed by atoms with Crippen LogP contribution in [0.1, 0.15) is 23.1 Å². The topological polar surface area (TPSA) is 107 Å². The van der Waals surface area contributed by atoms with Crippen LogP contribution in [0, 0.1) is 17.0 Å². The molecule has 0 saturated heterocycles. The maximum absolute atomic E-state index is 11.9. The van der Waals surface area contributed by atoms with Gasteiger partial charge in [-0.05, 0) is 41.1 Å². The lowest BCUT2D eigenvalue weighted by Gasteiger charge is -2.06. The zero-order valence-corrected chi connectivity index (χ0v) is 12.1. The monoisotopic (exact) mass is 302 g/mol. The van der Waals surface area contributed by atoms with Gasteiger partial charge in [0.25, 0.3) is 0 Å². The van der Waals surface area contributed by atoms with Crippen molar-refractivity contribution in [2.45, 2.75) is 20.4 Å². The minimum atomic E-state index is -0.609. The molecule has 0 atom stereocenters. The zero-order valence-electron chi connectivity index (χ0n) is 12.1. The Morgan fingerprint density at radius 2 is 1.95 bits per heavy atom. The van der Waals surface area contributed by atoms with Gasteiger partial charge in [-0.2, -0.15) is 0 Å². The highest BCUT2D eigenvalue weighted by molar-refractivity contribution is 5.95. The molecule has 114 valence electrons. The van der Waals surface area contributed by atoms with Crippen LogP contribution < -0.4 is 5.32 Å². The number of benzene rings is 1. The van der Waals surface area contributed by atoms with Gasteiger partial charge in [0, 0.05) is 18.2 Å². The Labute approximate surface area is 125 Å². The summed E-state index contributed by atoms with van der Waals surface area (Å²) in [5, 5.41) is 13.3. The Kier molecular flexibility index (Phi) is 4.31. The molecule has 22 heavy (non-hydrogen) atoms. The molecule has 1 amide bonds. The smallest absolute Gasteiger partial charge is 0.358 e. The summed E-state index contributed by atoms with van der Waals surface area (Å²) in [6.07, 6.45) is 1.22. The molecule has 0 aliphatic rings. The molecular formula is C14H14N4O4. The highest BCUT2D eigenvalue weighted by atomic mass is 16.6. The molecule has 0 radical (unpaired) electrons. The summed E-state index contributed by atoms with van der Waals surface area (Å²) >= 11 is 0. The molecule has 8 nitrogen and oxygen atoms in total. The highest BCUT2D eigenvalue weighted by Gasteiger charge is 2.16. The number of carbonyl (C=O) groups excluding carboxylic acids is 2. The number of amides is 1. The summed E-state index contributed by atoms with van der Waals surface area (Å²) in [5.41, 5.74) is 1.10. The second kappa shape index (κ2) is 6.17. The van der Waals surface area contributed by atoms with Crippen molar-refractivity contribution in [3.63, 3.8) is 0 Å². The van der Waals surface area contributed by atoms with Gasteiger partial charge in [-0.1, -0.05) is 0 Å². The van der Waals surface area contributed by atoms with Gasteiger partial charge in [-0.15, -0.1) is 0 Å². The van der Waals surface area contributed by atoms with E-state index in [-0.39, 0.29) is 24.1 Å². The summed E-state index contributed by atoms with van der Waals surface area (Å²) in [6, 6.07) is 6.48. The molecule has 1 N–H and O–H groups in total. The molecule has 0 saturated carbocycles. The minimum Gasteiger partial charge on any atom is -0.358 e. The number of anilines is 1. The Bertz CT molecular complexity index is 734. The van der Waals surface area contributed by atoms with Crippen molar-refractivity contribution in [3.05, 3.63) is 52.0 Å². The predicted octanol–water partition coefficient (Wildman–Crippen LogP) is 1.94. The largest absolute Gasteiger partial charge is 0.381 e. The van der Waals surface area contributed by atoms with Crippen LogP contribution in [0.4, 0.5) is 11.5 Å². The highest BCUT2D eigenvalue weighted by Crippen LogP contribution is 2.12. The fourth-order valence-corrected chi connectivity index (χ4v) is 1.88. The first-order valence-electron chi connectivity index (χ1n) is 6.46. The van der Waals surface area contributed by atoms with E-state index in [9.17, 15) is 19.7 Å². The van der Waals surface area contributed by atoms with Crippen molar-refractivity contribution in [1.82, 2.24) is 9.55 Å². The summed E-state index contributed by atoms with van der Waals surface area (Å²) in [4.78, 5) is 36.9. The van der Waals surface area contributed by atoms with Gasteiger partial charge in [0.05, 0.1) is 0 Å². The van der Waals surface area contributed by atoms with Gasteiger partial charge in [-0.25, -0.2) is 0 Å². The average Bonchev–Trinajstić information content (AvgIpc) is 2.81. The third-order valence-corrected chi connectivity index (χ3v) is 3.04. The van der Waals surface area contributed by atoms with Crippen LogP contribution >= 0.6 is 0 Å². The summed E-state index contributed by atoms with van der Waals surface area (Å²) < 4.78 is 1.40. The molecule has 0 bridgehead atoms. The first-order valence-corrected chi connectivity index (χ1v) is 6.46. The minimum absolute atomic E-state index is 0.0563. The number of rotatable bonds is 5. The normalized spacial score (nSPS) is 10.3. The van der Waals surface area contributed by atoms with E-state index >= 15 is 0 Å². The van der Waals surface area contributed by atoms with E-state index in [1.54, 1.807) is 31.2 Å². The Morgan fingerprint density at radius 3 is 2.45 bits per heavy atom. The number of hydrogen-bond donors (Lipinski definition) is 1. The van der Waals surface area contributed by atoms with E-state index in [0.29, 0.717) is 17.1 Å². The second-order valence-corrected chi connectivity index (χ2v) is 4.71. The van der Waals surface area contributed by atoms with Crippen molar-refractivity contribution in [1.29, 1.82) is 0 Å². The maximum Gasteiger partial charge on any atom is 0.381 e. The maximum atomic E-state index is 11.9. The van der Waals surface area contributed by atoms with Gasteiger partial charge in [0.15, 0.2) is 5.78 Å². The van der Waals surface area contributed by atoms with Gasteiger partial charge < -0.3 is 15.4 Å². The van der Waals surface area contributed by atoms with Crippen LogP contribution in [0.5, 0.6) is 0 Å². The number of nitro groups is 1. The standard InChI is InChI=1S/C14H14N4O4/c1-9(19)11-3-5-12(6-4-11)16-14(20)8-17-7-13(18(21)22)15-10(17)2/h3-7H,8H2,1-2H3,(H,16,20). The number of Topliss-reactive ketones (excluding diaryl/α,β-unsaturated/α-hetero) is 1. The zero-order chi connectivity index (χ0) is 16.3. The lowest BCUT2D eigenvalue weighted by atomic mass is 10.1. The van der Waals surface area contributed by atoms with E-state index in [2.05, 4.69) is 10.3 Å². The van der Waals surface area contributed by atoms with Crippen LogP contribution in [0.3, 0.4) is 0 Å². The number of aromatic nitrogens is 2. The fraction of sp³-hybridized carbons (Fsp3) is 0.214. The van der Waals surface area contributed by atoms with Gasteiger partial charge in [0.2, 0.25) is 11.7 Å². The first kappa shape index (κ1) is 15.4. The van der Waals surface area contributed by atoms with Crippen molar-refractivity contribution in [2.24, 2.45) is 0 Å². The molecule has 0 fully saturated rings. The lowest BCUT2D eigenvalue weighted by molar-refractivity contribution is -0.389. The van der Waals surface area contributed by atoms with Crippen molar-refractivity contribution in [3.8, 4) is 0 Å². The number of ketones is 1. The number of nitrogens with zero attached hydrogens (tertiary/aromatic N) is 3. The number of nitrogens with one attached hydrogen (secondary N) is 1. The molecule has 2 rings (SSSR count). The molecule has 0 aliphatic heterocycles. The molecule has 0 aliphatic carbocycles. The van der Waals surface area contributed by atoms with E-state index in [0.717, 1.165) is 0 Å². The van der Waals surface area contributed by atoms with E-state index in [1.807, 2.05) is 0 Å². The summed E-state index contributed by atoms with van der Waals surface area (Å²) in [7, 11) is 0. The number of hydrogen-bond acceptors (Lipinski definition) is 5. The molecule has 1 aromatic carbocycles. The SMILES string of the molecule is CC(=O)c1ccc(NC(=O)Cn2cc([N+](=O)[O-])nc2C)cc1. The van der Waals surface area contributed by atoms with Crippen molar-refractivity contribution >= 4 is 23.2 Å². The van der Waals surface area contributed by atoms with Crippen molar-refractivity contribution < 1.29 is 14.5 Å². The molecule has 1 aromatic heterocycles. The number of aryl methyl sites for hydroxylation is 1. The number of imidazole rings is 1. The van der Waals surface area contributed by atoms with Crippen LogP contribution in [0.2, 0.25) is 0 Å². The Balaban J connectivity index is 2.03. The molecule has 0 spiro atoms. The van der Waals surface area contributed by atoms with Crippen LogP contribution in [0.25, 0.3) is 0 Å². The van der Waals surface area contributed by atoms with Crippen LogP contribution in [-0.4, -0.2) is 26.2 Å². The Morgan fingerprint density at radius 1 is 1.32 bits per heavy atom. The van der Waals surface area contributed by atoms with Crippen molar-refractivity contribution in [2.75, 3.05) is 5.32 Å². The molecule has 1 heterocycles. The van der Waals surface area contributed by atoms with E-state index in [1.165, 1.54) is 17.7 Å². The quantitative estimate of drug-likeness (QED) is 0.516. The average molecular weight is 302 g/mol. The fourth-order valence-electron chi connectivity index (χ4n) is 1.88. The second-order valence-electron chi connectivity index (χ2n) is 4.71. The molecule has 0 unspecified atom stereocenters. The van der Waals surface area contributed by atoms with Crippen LogP contribution in [0.15, 0.2) is 30.5 Å². The van der Waals surface area contributed by atoms with E-state index in [4.69, 9.17) is 0 Å². The van der Waals surface area contributed by atoms with Gasteiger partial charge >= 0.3 is 5.82 Å². The van der Waals surface area contributed by atoms with Gasteiger partial charge in [0.1, 0.15) is 12.7 Å². The Hall–Kier alpha value is -3.03. The van der Waals surface area contributed by atoms with Crippen LogP contribution in [-0.2, 0) is 11.3 Å². The molecular weight excluding hydrogens is 288 g/mol. The predicted molar refractivity (Wildman–Crippen MR) is 78.7 cm³/mol. The molecule has 2 aromatic rings. The first-order chi connectivity index (χ1) is 10.4. The van der Waals surface area contributed by atoms with E-state index < -0.39 is 4.92 Å². The lowest BCUT2D eigenvalue weighted by Crippen LogP contribution is -2.19. The van der Waals surface area contributed by atoms with Gasteiger partial charge in [-0.3, -0.25) is 14.2 Å². The third-order valence-electron chi connectivity index (χ3n) is 3.04.